The first-order chi connectivity index (χ1) is 14.4. The van der Waals surface area contributed by atoms with Gasteiger partial charge in [0, 0.05) is 12.1 Å². The number of nitrogens with one attached hydrogen (secondary N) is 1. The Labute approximate surface area is 176 Å². The van der Waals surface area contributed by atoms with Crippen molar-refractivity contribution in [2.45, 2.75) is 38.7 Å². The molecule has 0 radical (unpaired) electrons. The lowest BCUT2D eigenvalue weighted by Gasteiger charge is -2.31. The van der Waals surface area contributed by atoms with Crippen LogP contribution >= 0.6 is 0 Å². The van der Waals surface area contributed by atoms with Crippen molar-refractivity contribution < 1.29 is 19.1 Å². The van der Waals surface area contributed by atoms with Gasteiger partial charge in [0.25, 0.3) is 0 Å². The Morgan fingerprint density at radius 3 is 2.70 bits per heavy atom. The van der Waals surface area contributed by atoms with Crippen molar-refractivity contribution >= 4 is 28.2 Å². The molecule has 0 saturated heterocycles. The number of ether oxygens (including phenoxy) is 2. The lowest BCUT2D eigenvalue weighted by molar-refractivity contribution is -0.116. The third-order valence-electron chi connectivity index (χ3n) is 5.07. The number of rotatable bonds is 6. The number of anilines is 1. The van der Waals surface area contributed by atoms with Crippen molar-refractivity contribution in [3.05, 3.63) is 66.2 Å². The van der Waals surface area contributed by atoms with Crippen LogP contribution in [-0.4, -0.2) is 23.9 Å². The number of hydrogen-bond donors (Lipinski definition) is 1. The summed E-state index contributed by atoms with van der Waals surface area (Å²) in [6.45, 7) is 4.24. The molecule has 30 heavy (non-hydrogen) atoms. The first kappa shape index (κ1) is 20.0. The predicted molar refractivity (Wildman–Crippen MR) is 117 cm³/mol. The summed E-state index contributed by atoms with van der Waals surface area (Å²) in [5, 5.41) is 5.15. The number of amides is 1. The Morgan fingerprint density at radius 1 is 1.07 bits per heavy atom. The van der Waals surface area contributed by atoms with Crippen LogP contribution in [0.5, 0.6) is 11.5 Å². The quantitative estimate of drug-likeness (QED) is 0.561. The summed E-state index contributed by atoms with van der Waals surface area (Å²) in [7, 11) is 0. The van der Waals surface area contributed by atoms with Crippen LogP contribution in [0, 0.1) is 0 Å². The van der Waals surface area contributed by atoms with E-state index in [9.17, 15) is 9.59 Å². The van der Waals surface area contributed by atoms with Crippen molar-refractivity contribution in [2.75, 3.05) is 11.9 Å². The summed E-state index contributed by atoms with van der Waals surface area (Å²) in [5.41, 5.74) is 0.623. The molecule has 0 fully saturated rings. The highest BCUT2D eigenvalue weighted by atomic mass is 16.5. The van der Waals surface area contributed by atoms with E-state index < -0.39 is 5.60 Å². The van der Waals surface area contributed by atoms with Gasteiger partial charge < -0.3 is 14.8 Å². The van der Waals surface area contributed by atoms with Crippen LogP contribution in [-0.2, 0) is 4.79 Å². The highest BCUT2D eigenvalue weighted by molar-refractivity contribution is 6.02. The van der Waals surface area contributed by atoms with E-state index in [0.29, 0.717) is 42.9 Å². The van der Waals surface area contributed by atoms with E-state index in [4.69, 9.17) is 9.47 Å². The molecule has 4 rings (SSSR count). The van der Waals surface area contributed by atoms with Crippen LogP contribution in [0.2, 0.25) is 0 Å². The van der Waals surface area contributed by atoms with E-state index in [0.717, 1.165) is 11.1 Å². The van der Waals surface area contributed by atoms with Gasteiger partial charge in [-0.1, -0.05) is 30.3 Å². The minimum absolute atomic E-state index is 0.0288. The van der Waals surface area contributed by atoms with Gasteiger partial charge in [-0.15, -0.1) is 0 Å². The molecule has 0 aromatic heterocycles. The third-order valence-corrected chi connectivity index (χ3v) is 5.07. The maximum Gasteiger partial charge on any atom is 0.224 e. The van der Waals surface area contributed by atoms with Gasteiger partial charge in [0.1, 0.15) is 17.1 Å². The minimum Gasteiger partial charge on any atom is -0.494 e. The van der Waals surface area contributed by atoms with Crippen molar-refractivity contribution in [1.29, 1.82) is 0 Å². The van der Waals surface area contributed by atoms with Crippen LogP contribution in [0.3, 0.4) is 0 Å². The van der Waals surface area contributed by atoms with Gasteiger partial charge in [-0.2, -0.15) is 0 Å². The number of fused-ring (bicyclic) bond motifs is 2. The van der Waals surface area contributed by atoms with E-state index in [1.54, 1.807) is 18.2 Å². The number of hydrogen-bond acceptors (Lipinski definition) is 4. The second-order valence-electron chi connectivity index (χ2n) is 8.18. The standard InChI is InChI=1S/C25H25NO4/c1-25(2)16-22(27)21-15-19(10-12-23(21)30-25)26-24(28)8-5-13-29-20-11-9-17-6-3-4-7-18(17)14-20/h3-4,6-7,9-12,14-15H,5,8,13,16H2,1-2H3,(H,26,28). The highest BCUT2D eigenvalue weighted by Crippen LogP contribution is 2.34. The molecular formula is C25H25NO4. The van der Waals surface area contributed by atoms with Crippen LogP contribution < -0.4 is 14.8 Å². The van der Waals surface area contributed by atoms with E-state index in [1.165, 1.54) is 5.39 Å². The first-order valence-electron chi connectivity index (χ1n) is 10.2. The van der Waals surface area contributed by atoms with Gasteiger partial charge in [0.05, 0.1) is 18.6 Å². The molecule has 1 heterocycles. The molecule has 3 aromatic carbocycles. The molecule has 1 aliphatic heterocycles. The second-order valence-corrected chi connectivity index (χ2v) is 8.18. The number of ketones is 1. The molecule has 3 aromatic rings. The van der Waals surface area contributed by atoms with E-state index >= 15 is 0 Å². The number of benzene rings is 3. The summed E-state index contributed by atoms with van der Waals surface area (Å²) < 4.78 is 11.6. The largest absolute Gasteiger partial charge is 0.494 e. The lowest BCUT2D eigenvalue weighted by Crippen LogP contribution is -2.35. The van der Waals surface area contributed by atoms with Gasteiger partial charge in [-0.3, -0.25) is 9.59 Å². The van der Waals surface area contributed by atoms with Crippen LogP contribution in [0.4, 0.5) is 5.69 Å². The molecule has 154 valence electrons. The van der Waals surface area contributed by atoms with Crippen LogP contribution in [0.15, 0.2) is 60.7 Å². The van der Waals surface area contributed by atoms with Gasteiger partial charge in [-0.25, -0.2) is 0 Å². The average Bonchev–Trinajstić information content (AvgIpc) is 2.71. The zero-order valence-corrected chi connectivity index (χ0v) is 17.2. The van der Waals surface area contributed by atoms with Gasteiger partial charge in [0.2, 0.25) is 5.91 Å². The highest BCUT2D eigenvalue weighted by Gasteiger charge is 2.32. The van der Waals surface area contributed by atoms with Crippen molar-refractivity contribution in [2.24, 2.45) is 0 Å². The smallest absolute Gasteiger partial charge is 0.224 e. The molecule has 5 heteroatoms. The molecule has 0 spiro atoms. The number of carbonyl (C=O) groups excluding carboxylic acids is 2. The average molecular weight is 403 g/mol. The number of carbonyl (C=O) groups is 2. The fraction of sp³-hybridized carbons (Fsp3) is 0.280. The Bertz CT molecular complexity index is 1100. The molecule has 0 bridgehead atoms. The monoisotopic (exact) mass is 403 g/mol. The summed E-state index contributed by atoms with van der Waals surface area (Å²) in [4.78, 5) is 24.6. The predicted octanol–water partition coefficient (Wildman–Crippen LogP) is 5.38. The Kier molecular flexibility index (Phi) is 5.44. The van der Waals surface area contributed by atoms with E-state index in [2.05, 4.69) is 11.4 Å². The first-order valence-corrected chi connectivity index (χ1v) is 10.2. The molecule has 0 unspecified atom stereocenters. The zero-order chi connectivity index (χ0) is 21.1. The Morgan fingerprint density at radius 2 is 1.87 bits per heavy atom. The molecule has 0 saturated carbocycles. The van der Waals surface area contributed by atoms with Gasteiger partial charge >= 0.3 is 0 Å². The molecular weight excluding hydrogens is 378 g/mol. The molecule has 0 atom stereocenters. The van der Waals surface area contributed by atoms with Crippen molar-refractivity contribution in [3.8, 4) is 11.5 Å². The Hall–Kier alpha value is -3.34. The number of Topliss-reactive ketones (excluding diaryl/α,β-unsaturated/α-hetero) is 1. The van der Waals surface area contributed by atoms with Crippen LogP contribution in [0.25, 0.3) is 10.8 Å². The fourth-order valence-electron chi connectivity index (χ4n) is 3.63. The third kappa shape index (κ3) is 4.62. The van der Waals surface area contributed by atoms with Crippen molar-refractivity contribution in [1.82, 2.24) is 0 Å². The maximum absolute atomic E-state index is 12.4. The molecule has 0 aliphatic carbocycles. The minimum atomic E-state index is -0.500. The van der Waals surface area contributed by atoms with Gasteiger partial charge in [-0.05, 0) is 61.4 Å². The summed E-state index contributed by atoms with van der Waals surface area (Å²) in [6, 6.07) is 19.3. The molecule has 1 N–H and O–H groups in total. The second kappa shape index (κ2) is 8.19. The lowest BCUT2D eigenvalue weighted by atomic mass is 9.93. The summed E-state index contributed by atoms with van der Waals surface area (Å²) in [6.07, 6.45) is 1.26. The topological polar surface area (TPSA) is 64.6 Å². The molecule has 5 nitrogen and oxygen atoms in total. The fourth-order valence-corrected chi connectivity index (χ4v) is 3.63. The van der Waals surface area contributed by atoms with Crippen LogP contribution in [0.1, 0.15) is 43.5 Å². The Balaban J connectivity index is 1.28. The van der Waals surface area contributed by atoms with Crippen molar-refractivity contribution in [3.63, 3.8) is 0 Å². The SMILES string of the molecule is CC1(C)CC(=O)c2cc(NC(=O)CCCOc3ccc4ccccc4c3)ccc2O1. The van der Waals surface area contributed by atoms with E-state index in [-0.39, 0.29) is 11.7 Å². The van der Waals surface area contributed by atoms with Gasteiger partial charge in [0.15, 0.2) is 5.78 Å². The molecule has 1 amide bonds. The molecule has 1 aliphatic rings. The maximum atomic E-state index is 12.4. The zero-order valence-electron chi connectivity index (χ0n) is 17.2. The summed E-state index contributed by atoms with van der Waals surface area (Å²) in [5.74, 6) is 1.28. The van der Waals surface area contributed by atoms with E-state index in [1.807, 2.05) is 50.2 Å². The summed E-state index contributed by atoms with van der Waals surface area (Å²) >= 11 is 0. The normalized spacial score (nSPS) is 14.7.